The number of carbonyl (C=O) groups excluding carboxylic acids is 1. The third kappa shape index (κ3) is 3.03. The van der Waals surface area contributed by atoms with Crippen molar-refractivity contribution in [1.82, 2.24) is 15.1 Å². The lowest BCUT2D eigenvalue weighted by atomic mass is 10.1. The number of benzene rings is 1. The lowest BCUT2D eigenvalue weighted by Gasteiger charge is -1.96. The van der Waals surface area contributed by atoms with E-state index in [1.165, 1.54) is 6.20 Å². The van der Waals surface area contributed by atoms with E-state index in [0.717, 1.165) is 10.0 Å². The van der Waals surface area contributed by atoms with Gasteiger partial charge in [-0.25, -0.2) is 0 Å². The highest BCUT2D eigenvalue weighted by atomic mass is 79.9. The van der Waals surface area contributed by atoms with Crippen LogP contribution in [0.5, 0.6) is 0 Å². The Morgan fingerprint density at radius 1 is 1.38 bits per heavy atom. The molecular formula is C14H11BrN4O2. The van der Waals surface area contributed by atoms with Crippen molar-refractivity contribution in [2.45, 2.75) is 6.42 Å². The van der Waals surface area contributed by atoms with Gasteiger partial charge in [-0.05, 0) is 23.8 Å². The molecule has 3 N–H and O–H groups in total. The molecule has 0 fully saturated rings. The van der Waals surface area contributed by atoms with Crippen LogP contribution < -0.4 is 5.73 Å². The molecule has 1 aromatic carbocycles. The van der Waals surface area contributed by atoms with E-state index in [-0.39, 0.29) is 0 Å². The standard InChI is InChI=1S/C14H11BrN4O2/c15-10-3-1-2-8(4-10)5-12-18-14(21-19-12)11-6-9(7-17-11)13(16)20/h1-4,6-7,17H,5H2,(H2,16,20). The molecule has 3 rings (SSSR count). The van der Waals surface area contributed by atoms with Gasteiger partial charge in [-0.15, -0.1) is 0 Å². The summed E-state index contributed by atoms with van der Waals surface area (Å²) >= 11 is 3.42. The molecular weight excluding hydrogens is 336 g/mol. The van der Waals surface area contributed by atoms with Crippen LogP contribution in [0, 0.1) is 0 Å². The minimum atomic E-state index is -0.508. The number of aromatic amines is 1. The van der Waals surface area contributed by atoms with Gasteiger partial charge in [-0.3, -0.25) is 4.79 Å². The smallest absolute Gasteiger partial charge is 0.274 e. The summed E-state index contributed by atoms with van der Waals surface area (Å²) in [4.78, 5) is 18.2. The third-order valence-electron chi connectivity index (χ3n) is 2.92. The van der Waals surface area contributed by atoms with Gasteiger partial charge in [-0.1, -0.05) is 33.2 Å². The van der Waals surface area contributed by atoms with E-state index >= 15 is 0 Å². The highest BCUT2D eigenvalue weighted by molar-refractivity contribution is 9.10. The zero-order valence-electron chi connectivity index (χ0n) is 10.8. The minimum absolute atomic E-state index is 0.326. The Bertz CT molecular complexity index is 794. The van der Waals surface area contributed by atoms with E-state index in [4.69, 9.17) is 10.3 Å². The predicted octanol–water partition coefficient (Wildman–Crippen LogP) is 2.52. The van der Waals surface area contributed by atoms with Gasteiger partial charge in [-0.2, -0.15) is 4.98 Å². The number of rotatable bonds is 4. The largest absolute Gasteiger partial charge is 0.366 e. The normalized spacial score (nSPS) is 10.7. The van der Waals surface area contributed by atoms with Crippen LogP contribution in [0.4, 0.5) is 0 Å². The minimum Gasteiger partial charge on any atom is -0.366 e. The molecule has 0 aliphatic carbocycles. The summed E-state index contributed by atoms with van der Waals surface area (Å²) < 4.78 is 6.19. The van der Waals surface area contributed by atoms with Crippen molar-refractivity contribution in [3.05, 3.63) is 58.0 Å². The van der Waals surface area contributed by atoms with Gasteiger partial charge in [0.2, 0.25) is 5.91 Å². The number of nitrogens with one attached hydrogen (secondary N) is 1. The van der Waals surface area contributed by atoms with Gasteiger partial charge in [0.15, 0.2) is 5.82 Å². The number of hydrogen-bond acceptors (Lipinski definition) is 4. The molecule has 0 bridgehead atoms. The number of halogens is 1. The fourth-order valence-corrected chi connectivity index (χ4v) is 2.37. The maximum Gasteiger partial charge on any atom is 0.274 e. The summed E-state index contributed by atoms with van der Waals surface area (Å²) in [6.45, 7) is 0. The van der Waals surface area contributed by atoms with E-state index in [1.54, 1.807) is 6.07 Å². The monoisotopic (exact) mass is 346 g/mol. The maximum absolute atomic E-state index is 11.1. The molecule has 0 atom stereocenters. The molecule has 0 unspecified atom stereocenters. The van der Waals surface area contributed by atoms with Crippen molar-refractivity contribution >= 4 is 21.8 Å². The Morgan fingerprint density at radius 2 is 2.24 bits per heavy atom. The number of aromatic nitrogens is 3. The van der Waals surface area contributed by atoms with Crippen molar-refractivity contribution in [3.63, 3.8) is 0 Å². The second kappa shape index (κ2) is 5.53. The first-order valence-electron chi connectivity index (χ1n) is 6.17. The fourth-order valence-electron chi connectivity index (χ4n) is 1.92. The molecule has 1 amide bonds. The van der Waals surface area contributed by atoms with Crippen LogP contribution in [0.1, 0.15) is 21.7 Å². The van der Waals surface area contributed by atoms with Crippen LogP contribution in [0.15, 0.2) is 45.5 Å². The summed E-state index contributed by atoms with van der Waals surface area (Å²) in [5.41, 5.74) is 7.21. The van der Waals surface area contributed by atoms with E-state index in [1.807, 2.05) is 24.3 Å². The number of H-pyrrole nitrogens is 1. The molecule has 2 heterocycles. The zero-order valence-corrected chi connectivity index (χ0v) is 12.4. The Kier molecular flexibility index (Phi) is 3.57. The predicted molar refractivity (Wildman–Crippen MR) is 79.6 cm³/mol. The average molecular weight is 347 g/mol. The fraction of sp³-hybridized carbons (Fsp3) is 0.0714. The van der Waals surface area contributed by atoms with Crippen molar-refractivity contribution in [2.24, 2.45) is 5.73 Å². The molecule has 106 valence electrons. The number of nitrogens with zero attached hydrogens (tertiary/aromatic N) is 2. The molecule has 0 aliphatic rings. The van der Waals surface area contributed by atoms with Crippen molar-refractivity contribution in [2.75, 3.05) is 0 Å². The zero-order chi connectivity index (χ0) is 14.8. The highest BCUT2D eigenvalue weighted by Crippen LogP contribution is 2.19. The number of nitrogens with two attached hydrogens (primary N) is 1. The van der Waals surface area contributed by atoms with Gasteiger partial charge in [0, 0.05) is 17.1 Å². The summed E-state index contributed by atoms with van der Waals surface area (Å²) in [6, 6.07) is 9.47. The van der Waals surface area contributed by atoms with Crippen LogP contribution in [-0.4, -0.2) is 21.0 Å². The first kappa shape index (κ1) is 13.6. The topological polar surface area (TPSA) is 97.8 Å². The van der Waals surface area contributed by atoms with Crippen LogP contribution in [0.2, 0.25) is 0 Å². The molecule has 6 nitrogen and oxygen atoms in total. The van der Waals surface area contributed by atoms with Crippen LogP contribution in [0.3, 0.4) is 0 Å². The van der Waals surface area contributed by atoms with E-state index in [9.17, 15) is 4.79 Å². The van der Waals surface area contributed by atoms with Gasteiger partial charge >= 0.3 is 0 Å². The SMILES string of the molecule is NC(=O)c1c[nH]c(-c2nc(Cc3cccc(Br)c3)no2)c1. The van der Waals surface area contributed by atoms with E-state index in [0.29, 0.717) is 29.4 Å². The summed E-state index contributed by atoms with van der Waals surface area (Å²) in [6.07, 6.45) is 2.07. The molecule has 0 saturated heterocycles. The molecule has 0 aliphatic heterocycles. The number of primary amides is 1. The molecule has 0 spiro atoms. The Morgan fingerprint density at radius 3 is 2.95 bits per heavy atom. The van der Waals surface area contributed by atoms with E-state index in [2.05, 4.69) is 31.1 Å². The van der Waals surface area contributed by atoms with Crippen molar-refractivity contribution in [1.29, 1.82) is 0 Å². The summed E-state index contributed by atoms with van der Waals surface area (Å²) in [5, 5.41) is 3.93. The third-order valence-corrected chi connectivity index (χ3v) is 3.41. The Hall–Kier alpha value is -2.41. The quantitative estimate of drug-likeness (QED) is 0.758. The molecule has 0 saturated carbocycles. The lowest BCUT2D eigenvalue weighted by Crippen LogP contribution is -2.09. The maximum atomic E-state index is 11.1. The Labute approximate surface area is 128 Å². The molecule has 7 heteroatoms. The first-order valence-corrected chi connectivity index (χ1v) is 6.97. The summed E-state index contributed by atoms with van der Waals surface area (Å²) in [5.74, 6) is 0.386. The second-order valence-electron chi connectivity index (χ2n) is 4.49. The molecule has 0 radical (unpaired) electrons. The number of amides is 1. The van der Waals surface area contributed by atoms with Gasteiger partial charge in [0.25, 0.3) is 5.89 Å². The van der Waals surface area contributed by atoms with Crippen molar-refractivity contribution in [3.8, 4) is 11.6 Å². The number of hydrogen-bond donors (Lipinski definition) is 2. The Balaban J connectivity index is 1.81. The van der Waals surface area contributed by atoms with E-state index < -0.39 is 5.91 Å². The first-order chi connectivity index (χ1) is 10.1. The van der Waals surface area contributed by atoms with Gasteiger partial charge < -0.3 is 15.2 Å². The van der Waals surface area contributed by atoms with Gasteiger partial charge in [0.05, 0.1) is 5.56 Å². The highest BCUT2D eigenvalue weighted by Gasteiger charge is 2.13. The average Bonchev–Trinajstić information content (AvgIpc) is 3.06. The second-order valence-corrected chi connectivity index (χ2v) is 5.40. The molecule has 3 aromatic rings. The van der Waals surface area contributed by atoms with Crippen molar-refractivity contribution < 1.29 is 9.32 Å². The lowest BCUT2D eigenvalue weighted by molar-refractivity contribution is 0.100. The van der Waals surface area contributed by atoms with Crippen LogP contribution in [-0.2, 0) is 6.42 Å². The van der Waals surface area contributed by atoms with Crippen LogP contribution >= 0.6 is 15.9 Å². The van der Waals surface area contributed by atoms with Gasteiger partial charge in [0.1, 0.15) is 5.69 Å². The molecule has 2 aromatic heterocycles. The number of carbonyl (C=O) groups is 1. The summed E-state index contributed by atoms with van der Waals surface area (Å²) in [7, 11) is 0. The molecule has 21 heavy (non-hydrogen) atoms. The van der Waals surface area contributed by atoms with Crippen LogP contribution in [0.25, 0.3) is 11.6 Å².